The van der Waals surface area contributed by atoms with E-state index in [2.05, 4.69) is 5.32 Å². The maximum Gasteiger partial charge on any atom is 0.131 e. The van der Waals surface area contributed by atoms with Gasteiger partial charge in [-0.1, -0.05) is 6.07 Å². The summed E-state index contributed by atoms with van der Waals surface area (Å²) in [5.41, 5.74) is 0.109. The van der Waals surface area contributed by atoms with E-state index in [0.29, 0.717) is 5.92 Å². The van der Waals surface area contributed by atoms with Crippen molar-refractivity contribution in [2.45, 2.75) is 37.9 Å². The van der Waals surface area contributed by atoms with Gasteiger partial charge in [0.15, 0.2) is 0 Å². The highest BCUT2D eigenvalue weighted by atomic mass is 19.1. The molecule has 1 aromatic carbocycles. The molecule has 0 bridgehead atoms. The van der Waals surface area contributed by atoms with Crippen LogP contribution in [0.5, 0.6) is 0 Å². The third kappa shape index (κ3) is 4.23. The number of halogens is 2. The molecule has 0 aliphatic heterocycles. The lowest BCUT2D eigenvalue weighted by Crippen LogP contribution is -2.30. The van der Waals surface area contributed by atoms with Crippen LogP contribution in [0.25, 0.3) is 0 Å². The van der Waals surface area contributed by atoms with Gasteiger partial charge in [-0.15, -0.1) is 0 Å². The molecule has 0 radical (unpaired) electrons. The van der Waals surface area contributed by atoms with E-state index in [-0.39, 0.29) is 18.2 Å². The number of aliphatic hydroxyl groups excluding tert-OH is 2. The van der Waals surface area contributed by atoms with Gasteiger partial charge in [0.2, 0.25) is 0 Å². The van der Waals surface area contributed by atoms with Crippen molar-refractivity contribution in [3.05, 3.63) is 35.4 Å². The van der Waals surface area contributed by atoms with Crippen molar-refractivity contribution in [1.82, 2.24) is 5.32 Å². The molecule has 0 saturated heterocycles. The van der Waals surface area contributed by atoms with Gasteiger partial charge in [-0.05, 0) is 44.2 Å². The van der Waals surface area contributed by atoms with Crippen LogP contribution in [0.4, 0.5) is 8.78 Å². The van der Waals surface area contributed by atoms with E-state index < -0.39 is 17.7 Å². The molecule has 0 heterocycles. The van der Waals surface area contributed by atoms with E-state index in [1.807, 2.05) is 0 Å². The van der Waals surface area contributed by atoms with E-state index in [9.17, 15) is 19.0 Å². The third-order valence-corrected chi connectivity index (χ3v) is 3.91. The Labute approximate surface area is 117 Å². The van der Waals surface area contributed by atoms with Crippen LogP contribution < -0.4 is 5.32 Å². The summed E-state index contributed by atoms with van der Waals surface area (Å²) in [5, 5.41) is 22.4. The monoisotopic (exact) mass is 285 g/mol. The fraction of sp³-hybridized carbons (Fsp3) is 0.600. The van der Waals surface area contributed by atoms with Gasteiger partial charge in [0, 0.05) is 18.2 Å². The maximum absolute atomic E-state index is 13.5. The number of hydrogen-bond acceptors (Lipinski definition) is 3. The zero-order valence-corrected chi connectivity index (χ0v) is 11.4. The Morgan fingerprint density at radius 1 is 1.20 bits per heavy atom. The Kier molecular flexibility index (Phi) is 5.46. The van der Waals surface area contributed by atoms with Gasteiger partial charge in [-0.3, -0.25) is 0 Å². The summed E-state index contributed by atoms with van der Waals surface area (Å²) in [5.74, 6) is -0.879. The molecule has 0 spiro atoms. The molecule has 5 heteroatoms. The van der Waals surface area contributed by atoms with Crippen molar-refractivity contribution in [2.24, 2.45) is 5.92 Å². The van der Waals surface area contributed by atoms with Crippen LogP contribution >= 0.6 is 0 Å². The minimum Gasteiger partial charge on any atom is -0.393 e. The van der Waals surface area contributed by atoms with Crippen LogP contribution in [0.15, 0.2) is 18.2 Å². The number of aliphatic hydroxyl groups is 2. The average Bonchev–Trinajstić information content (AvgIpc) is 2.41. The first-order valence-electron chi connectivity index (χ1n) is 7.08. The highest BCUT2D eigenvalue weighted by Gasteiger charge is 2.19. The Bertz CT molecular complexity index is 434. The van der Waals surface area contributed by atoms with Gasteiger partial charge in [-0.25, -0.2) is 8.78 Å². The fourth-order valence-corrected chi connectivity index (χ4v) is 2.65. The molecule has 1 fully saturated rings. The Morgan fingerprint density at radius 3 is 2.55 bits per heavy atom. The Balaban J connectivity index is 1.76. The average molecular weight is 285 g/mol. The van der Waals surface area contributed by atoms with E-state index in [1.54, 1.807) is 0 Å². The zero-order valence-electron chi connectivity index (χ0n) is 11.4. The highest BCUT2D eigenvalue weighted by Crippen LogP contribution is 2.23. The largest absolute Gasteiger partial charge is 0.393 e. The van der Waals surface area contributed by atoms with Gasteiger partial charge >= 0.3 is 0 Å². The second-order valence-corrected chi connectivity index (χ2v) is 5.51. The van der Waals surface area contributed by atoms with Gasteiger partial charge < -0.3 is 15.5 Å². The van der Waals surface area contributed by atoms with Crippen molar-refractivity contribution in [3.8, 4) is 0 Å². The quantitative estimate of drug-likeness (QED) is 0.777. The topological polar surface area (TPSA) is 52.5 Å². The van der Waals surface area contributed by atoms with Crippen molar-refractivity contribution in [3.63, 3.8) is 0 Å². The number of hydrogen-bond donors (Lipinski definition) is 3. The molecular formula is C15H21F2NO2. The van der Waals surface area contributed by atoms with Crippen molar-refractivity contribution >= 4 is 0 Å². The molecule has 3 nitrogen and oxygen atoms in total. The summed E-state index contributed by atoms with van der Waals surface area (Å²) < 4.78 is 26.2. The first-order valence-corrected chi connectivity index (χ1v) is 7.08. The summed E-state index contributed by atoms with van der Waals surface area (Å²) >= 11 is 0. The predicted octanol–water partition coefficient (Wildman–Crippen LogP) is 2.14. The van der Waals surface area contributed by atoms with Gasteiger partial charge in [0.1, 0.15) is 11.6 Å². The second kappa shape index (κ2) is 7.11. The van der Waals surface area contributed by atoms with Gasteiger partial charge in [-0.2, -0.15) is 0 Å². The molecule has 20 heavy (non-hydrogen) atoms. The molecule has 112 valence electrons. The van der Waals surface area contributed by atoms with E-state index >= 15 is 0 Å². The van der Waals surface area contributed by atoms with Crippen LogP contribution in [-0.2, 0) is 0 Å². The lowest BCUT2D eigenvalue weighted by atomic mass is 9.87. The Hall–Kier alpha value is -1.04. The third-order valence-electron chi connectivity index (χ3n) is 3.91. The van der Waals surface area contributed by atoms with Gasteiger partial charge in [0.05, 0.1) is 12.2 Å². The first kappa shape index (κ1) is 15.4. The van der Waals surface area contributed by atoms with Crippen molar-refractivity contribution < 1.29 is 19.0 Å². The molecule has 1 saturated carbocycles. The first-order chi connectivity index (χ1) is 9.56. The van der Waals surface area contributed by atoms with Gasteiger partial charge in [0.25, 0.3) is 0 Å². The molecule has 1 aromatic rings. The molecule has 1 unspecified atom stereocenters. The van der Waals surface area contributed by atoms with E-state index in [4.69, 9.17) is 0 Å². The predicted molar refractivity (Wildman–Crippen MR) is 72.2 cm³/mol. The van der Waals surface area contributed by atoms with Crippen LogP contribution in [0.3, 0.4) is 0 Å². The molecule has 1 aliphatic rings. The summed E-state index contributed by atoms with van der Waals surface area (Å²) in [4.78, 5) is 0. The molecule has 1 aliphatic carbocycles. The van der Waals surface area contributed by atoms with Crippen LogP contribution in [-0.4, -0.2) is 29.4 Å². The number of nitrogens with one attached hydrogen (secondary N) is 1. The summed E-state index contributed by atoms with van der Waals surface area (Å²) in [6.45, 7) is 0.980. The standard InChI is InChI=1S/C15H21F2NO2/c16-11-3-6-13(14(17)7-11)15(20)9-18-8-10-1-4-12(19)5-2-10/h3,6-7,10,12,15,18-20H,1-2,4-5,8-9H2. The summed E-state index contributed by atoms with van der Waals surface area (Å²) in [7, 11) is 0. The maximum atomic E-state index is 13.5. The highest BCUT2D eigenvalue weighted by molar-refractivity contribution is 5.21. The van der Waals surface area contributed by atoms with Crippen molar-refractivity contribution in [1.29, 1.82) is 0 Å². The number of rotatable bonds is 5. The second-order valence-electron chi connectivity index (χ2n) is 5.51. The fourth-order valence-electron chi connectivity index (χ4n) is 2.65. The molecule has 0 amide bonds. The van der Waals surface area contributed by atoms with Crippen LogP contribution in [0, 0.1) is 17.6 Å². The smallest absolute Gasteiger partial charge is 0.131 e. The molecule has 3 N–H and O–H groups in total. The van der Waals surface area contributed by atoms with Crippen LogP contribution in [0.1, 0.15) is 37.4 Å². The minimum absolute atomic E-state index is 0.109. The normalized spacial score (nSPS) is 24.6. The Morgan fingerprint density at radius 2 is 1.90 bits per heavy atom. The molecular weight excluding hydrogens is 264 g/mol. The summed E-state index contributed by atoms with van der Waals surface area (Å²) in [6.07, 6.45) is 2.42. The molecule has 1 atom stereocenters. The lowest BCUT2D eigenvalue weighted by molar-refractivity contribution is 0.106. The van der Waals surface area contributed by atoms with E-state index in [1.165, 1.54) is 6.07 Å². The number of benzene rings is 1. The van der Waals surface area contributed by atoms with Crippen LogP contribution in [0.2, 0.25) is 0 Å². The van der Waals surface area contributed by atoms with E-state index in [0.717, 1.165) is 44.4 Å². The lowest BCUT2D eigenvalue weighted by Gasteiger charge is -2.26. The van der Waals surface area contributed by atoms with Crippen molar-refractivity contribution in [2.75, 3.05) is 13.1 Å². The molecule has 2 rings (SSSR count). The molecule has 0 aromatic heterocycles. The summed E-state index contributed by atoms with van der Waals surface area (Å²) in [6, 6.07) is 3.19. The zero-order chi connectivity index (χ0) is 14.5. The minimum atomic E-state index is -0.982. The SMILES string of the molecule is OC1CCC(CNCC(O)c2ccc(F)cc2F)CC1.